The number of hydrogen-bond acceptors (Lipinski definition) is 3. The average Bonchev–Trinajstić information content (AvgIpc) is 2.95. The lowest BCUT2D eigenvalue weighted by molar-refractivity contribution is 0.0633. The molecule has 1 aromatic heterocycles. The van der Waals surface area contributed by atoms with Gasteiger partial charge >= 0.3 is 0 Å². The summed E-state index contributed by atoms with van der Waals surface area (Å²) in [5.74, 6) is -0.172. The Morgan fingerprint density at radius 2 is 2.19 bits per heavy atom. The van der Waals surface area contributed by atoms with Crippen molar-refractivity contribution in [3.8, 4) is 0 Å². The van der Waals surface area contributed by atoms with Crippen LogP contribution in [0, 0.1) is 12.7 Å². The quantitative estimate of drug-likeness (QED) is 0.833. The zero-order chi connectivity index (χ0) is 18.5. The molecule has 1 aliphatic carbocycles. The number of carbonyl (C=O) groups is 1. The van der Waals surface area contributed by atoms with Gasteiger partial charge < -0.3 is 9.88 Å². The molecule has 7 heteroatoms. The molecule has 1 unspecified atom stereocenters. The second-order valence-electron chi connectivity index (χ2n) is 7.21. The fraction of sp³-hybridized carbons (Fsp3) is 0.421. The number of halogens is 2. The maximum atomic E-state index is 13.6. The second-order valence-corrected chi connectivity index (χ2v) is 7.62. The highest BCUT2D eigenvalue weighted by Gasteiger charge is 2.45. The molecule has 1 atom stereocenters. The first kappa shape index (κ1) is 17.2. The summed E-state index contributed by atoms with van der Waals surface area (Å²) in [4.78, 5) is 34.3. The van der Waals surface area contributed by atoms with Crippen molar-refractivity contribution in [3.05, 3.63) is 62.0 Å². The van der Waals surface area contributed by atoms with E-state index < -0.39 is 5.82 Å². The average molecular weight is 376 g/mol. The van der Waals surface area contributed by atoms with Crippen LogP contribution < -0.4 is 5.56 Å². The summed E-state index contributed by atoms with van der Waals surface area (Å²) < 4.78 is 13.6. The topological polar surface area (TPSA) is 66.1 Å². The highest BCUT2D eigenvalue weighted by atomic mass is 35.5. The summed E-state index contributed by atoms with van der Waals surface area (Å²) in [5, 5.41) is 0.244. The maximum absolute atomic E-state index is 13.6. The lowest BCUT2D eigenvalue weighted by Crippen LogP contribution is -2.48. The molecule has 136 valence electrons. The van der Waals surface area contributed by atoms with Gasteiger partial charge in [0.2, 0.25) is 0 Å². The summed E-state index contributed by atoms with van der Waals surface area (Å²) in [6, 6.07) is 3.82. The van der Waals surface area contributed by atoms with Gasteiger partial charge in [-0.15, -0.1) is 0 Å². The van der Waals surface area contributed by atoms with Gasteiger partial charge in [0.15, 0.2) is 0 Å². The van der Waals surface area contributed by atoms with Gasteiger partial charge in [0.25, 0.3) is 11.5 Å². The third-order valence-corrected chi connectivity index (χ3v) is 5.84. The van der Waals surface area contributed by atoms with Crippen LogP contribution in [-0.2, 0) is 11.8 Å². The van der Waals surface area contributed by atoms with E-state index in [1.165, 1.54) is 18.2 Å². The standard InChI is InChI=1S/C19H19ClFN3O2/c1-11-22-16-13(17(25)23-11)5-7-19(16)6-2-8-24(10-19)18(26)14-9-12(21)3-4-15(14)20/h3-4,9H,2,5-8,10H2,1H3,(H,22,23,25). The minimum atomic E-state index is -0.487. The van der Waals surface area contributed by atoms with Gasteiger partial charge in [-0.1, -0.05) is 11.6 Å². The summed E-state index contributed by atoms with van der Waals surface area (Å²) in [6.07, 6.45) is 3.16. The first-order valence-electron chi connectivity index (χ1n) is 8.74. The molecule has 4 rings (SSSR count). The highest BCUT2D eigenvalue weighted by Crippen LogP contribution is 2.43. The van der Waals surface area contributed by atoms with Gasteiger partial charge in [-0.25, -0.2) is 9.37 Å². The third kappa shape index (κ3) is 2.72. The summed E-state index contributed by atoms with van der Waals surface area (Å²) >= 11 is 6.11. The van der Waals surface area contributed by atoms with Crippen LogP contribution in [0.2, 0.25) is 5.02 Å². The largest absolute Gasteiger partial charge is 0.338 e. The molecule has 1 amide bonds. The van der Waals surface area contributed by atoms with E-state index in [0.717, 1.165) is 30.5 Å². The molecule has 2 aliphatic rings. The number of aromatic nitrogens is 2. The van der Waals surface area contributed by atoms with Gasteiger partial charge in [-0.3, -0.25) is 9.59 Å². The van der Waals surface area contributed by atoms with E-state index in [1.807, 2.05) is 0 Å². The molecule has 1 spiro atoms. The summed E-state index contributed by atoms with van der Waals surface area (Å²) in [5.41, 5.74) is 1.34. The van der Waals surface area contributed by atoms with Crippen LogP contribution in [0.25, 0.3) is 0 Å². The van der Waals surface area contributed by atoms with E-state index in [2.05, 4.69) is 9.97 Å². The van der Waals surface area contributed by atoms with Crippen molar-refractivity contribution in [2.24, 2.45) is 0 Å². The van der Waals surface area contributed by atoms with Crippen molar-refractivity contribution in [3.63, 3.8) is 0 Å². The predicted molar refractivity (Wildman–Crippen MR) is 96.1 cm³/mol. The molecular formula is C19H19ClFN3O2. The van der Waals surface area contributed by atoms with Crippen molar-refractivity contribution in [2.75, 3.05) is 13.1 Å². The van der Waals surface area contributed by atoms with Gasteiger partial charge in [0, 0.05) is 24.1 Å². The number of nitrogens with one attached hydrogen (secondary N) is 1. The van der Waals surface area contributed by atoms with Crippen LogP contribution in [0.15, 0.2) is 23.0 Å². The number of rotatable bonds is 1. The van der Waals surface area contributed by atoms with Gasteiger partial charge in [-0.05, 0) is 50.8 Å². The molecule has 5 nitrogen and oxygen atoms in total. The number of aromatic amines is 1. The fourth-order valence-corrected chi connectivity index (χ4v) is 4.50. The Morgan fingerprint density at radius 3 is 3.00 bits per heavy atom. The zero-order valence-corrected chi connectivity index (χ0v) is 15.2. The van der Waals surface area contributed by atoms with E-state index in [0.29, 0.717) is 25.3 Å². The number of likely N-dealkylation sites (tertiary alicyclic amines) is 1. The Kier molecular flexibility index (Phi) is 4.10. The van der Waals surface area contributed by atoms with Crippen LogP contribution >= 0.6 is 11.6 Å². The van der Waals surface area contributed by atoms with Crippen LogP contribution in [0.4, 0.5) is 4.39 Å². The van der Waals surface area contributed by atoms with Crippen LogP contribution in [0.1, 0.15) is 46.7 Å². The molecule has 1 aromatic carbocycles. The van der Waals surface area contributed by atoms with Crippen LogP contribution in [0.5, 0.6) is 0 Å². The van der Waals surface area contributed by atoms with Gasteiger partial charge in [0.05, 0.1) is 16.3 Å². The van der Waals surface area contributed by atoms with Crippen molar-refractivity contribution < 1.29 is 9.18 Å². The SMILES string of the molecule is Cc1nc2c(c(=O)[nH]1)CCC21CCCN(C(=O)c2cc(F)ccc2Cl)C1. The summed E-state index contributed by atoms with van der Waals surface area (Å²) in [6.45, 7) is 2.83. The number of fused-ring (bicyclic) bond motifs is 2. The molecule has 0 saturated carbocycles. The van der Waals surface area contributed by atoms with Crippen molar-refractivity contribution in [1.29, 1.82) is 0 Å². The Hall–Kier alpha value is -2.21. The Labute approximate surface area is 155 Å². The lowest BCUT2D eigenvalue weighted by Gasteiger charge is -2.40. The number of amides is 1. The van der Waals surface area contributed by atoms with Gasteiger partial charge in [-0.2, -0.15) is 0 Å². The van der Waals surface area contributed by atoms with Crippen molar-refractivity contribution in [1.82, 2.24) is 14.9 Å². The fourth-order valence-electron chi connectivity index (χ4n) is 4.30. The predicted octanol–water partition coefficient (Wildman–Crippen LogP) is 2.99. The van der Waals surface area contributed by atoms with E-state index in [9.17, 15) is 14.0 Å². The Balaban J connectivity index is 1.69. The molecule has 2 aromatic rings. The van der Waals surface area contributed by atoms with Crippen LogP contribution in [0.3, 0.4) is 0 Å². The zero-order valence-electron chi connectivity index (χ0n) is 14.4. The lowest BCUT2D eigenvalue weighted by atomic mass is 9.77. The third-order valence-electron chi connectivity index (χ3n) is 5.51. The highest BCUT2D eigenvalue weighted by molar-refractivity contribution is 6.33. The minimum Gasteiger partial charge on any atom is -0.338 e. The first-order chi connectivity index (χ1) is 12.4. The van der Waals surface area contributed by atoms with E-state index >= 15 is 0 Å². The summed E-state index contributed by atoms with van der Waals surface area (Å²) in [7, 11) is 0. The molecule has 0 bridgehead atoms. The minimum absolute atomic E-state index is 0.0824. The van der Waals surface area contributed by atoms with E-state index in [4.69, 9.17) is 11.6 Å². The Morgan fingerprint density at radius 1 is 1.38 bits per heavy atom. The number of H-pyrrole nitrogens is 1. The number of aryl methyl sites for hydroxylation is 1. The molecule has 0 radical (unpaired) electrons. The molecular weight excluding hydrogens is 357 g/mol. The van der Waals surface area contributed by atoms with Crippen LogP contribution in [-0.4, -0.2) is 33.9 Å². The number of hydrogen-bond donors (Lipinski definition) is 1. The number of benzene rings is 1. The molecule has 2 heterocycles. The number of nitrogens with zero attached hydrogens (tertiary/aromatic N) is 2. The molecule has 1 fully saturated rings. The first-order valence-corrected chi connectivity index (χ1v) is 9.12. The number of piperidine rings is 1. The monoisotopic (exact) mass is 375 g/mol. The van der Waals surface area contributed by atoms with E-state index in [-0.39, 0.29) is 27.5 Å². The van der Waals surface area contributed by atoms with Crippen molar-refractivity contribution >= 4 is 17.5 Å². The van der Waals surface area contributed by atoms with E-state index in [1.54, 1.807) is 11.8 Å². The van der Waals surface area contributed by atoms with Gasteiger partial charge in [0.1, 0.15) is 11.6 Å². The molecule has 1 N–H and O–H groups in total. The number of carbonyl (C=O) groups excluding carboxylic acids is 1. The Bertz CT molecular complexity index is 958. The maximum Gasteiger partial charge on any atom is 0.255 e. The molecule has 1 saturated heterocycles. The molecule has 26 heavy (non-hydrogen) atoms. The molecule has 1 aliphatic heterocycles. The second kappa shape index (κ2) is 6.20. The normalized spacial score (nSPS) is 21.9. The smallest absolute Gasteiger partial charge is 0.255 e. The van der Waals surface area contributed by atoms with Crippen molar-refractivity contribution in [2.45, 2.75) is 38.0 Å².